The van der Waals surface area contributed by atoms with Crippen molar-refractivity contribution in [3.63, 3.8) is 0 Å². The van der Waals surface area contributed by atoms with Gasteiger partial charge < -0.3 is 10.6 Å². The number of hydrogen-bond acceptors (Lipinski definition) is 2. The van der Waals surface area contributed by atoms with Crippen molar-refractivity contribution in [2.45, 2.75) is 32.2 Å². The second kappa shape index (κ2) is 8.27. The molecule has 0 unspecified atom stereocenters. The molecule has 0 saturated carbocycles. The smallest absolute Gasteiger partial charge is 0.222 e. The summed E-state index contributed by atoms with van der Waals surface area (Å²) >= 11 is 3.40. The van der Waals surface area contributed by atoms with Crippen LogP contribution >= 0.6 is 15.9 Å². The summed E-state index contributed by atoms with van der Waals surface area (Å²) in [5, 5.41) is 0. The monoisotopic (exact) mass is 312 g/mol. The quantitative estimate of drug-likeness (QED) is 0.787. The van der Waals surface area contributed by atoms with Gasteiger partial charge in [-0.25, -0.2) is 0 Å². The molecule has 1 aromatic carbocycles. The van der Waals surface area contributed by atoms with Crippen LogP contribution in [0.1, 0.15) is 31.2 Å². The minimum atomic E-state index is 0.204. The van der Waals surface area contributed by atoms with E-state index in [1.165, 1.54) is 0 Å². The Hall–Kier alpha value is -0.870. The Labute approximate surface area is 117 Å². The van der Waals surface area contributed by atoms with Crippen molar-refractivity contribution in [1.29, 1.82) is 0 Å². The van der Waals surface area contributed by atoms with Gasteiger partial charge in [0.25, 0.3) is 0 Å². The lowest BCUT2D eigenvalue weighted by atomic mass is 10.1. The van der Waals surface area contributed by atoms with E-state index in [9.17, 15) is 4.79 Å². The molecule has 1 amide bonds. The zero-order chi connectivity index (χ0) is 13.4. The number of rotatable bonds is 7. The maximum atomic E-state index is 11.9. The average Bonchev–Trinajstić information content (AvgIpc) is 2.37. The van der Waals surface area contributed by atoms with Gasteiger partial charge in [0.15, 0.2) is 0 Å². The number of nitrogens with two attached hydrogens (primary N) is 1. The molecule has 0 aliphatic rings. The average molecular weight is 313 g/mol. The SMILES string of the molecule is CN(Cc1ccc(Br)cc1)C(=O)CCCCCN. The van der Waals surface area contributed by atoms with Gasteiger partial charge in [0.1, 0.15) is 0 Å². The highest BCUT2D eigenvalue weighted by atomic mass is 79.9. The summed E-state index contributed by atoms with van der Waals surface area (Å²) in [6.07, 6.45) is 3.59. The minimum Gasteiger partial charge on any atom is -0.341 e. The fourth-order valence-corrected chi connectivity index (χ4v) is 2.00. The zero-order valence-electron chi connectivity index (χ0n) is 10.9. The summed E-state index contributed by atoms with van der Waals surface area (Å²) in [6, 6.07) is 8.05. The van der Waals surface area contributed by atoms with E-state index in [-0.39, 0.29) is 5.91 Å². The third-order valence-corrected chi connectivity index (χ3v) is 3.38. The van der Waals surface area contributed by atoms with Crippen LogP contribution in [-0.2, 0) is 11.3 Å². The molecule has 1 aromatic rings. The van der Waals surface area contributed by atoms with E-state index in [0.29, 0.717) is 19.5 Å². The van der Waals surface area contributed by atoms with Crippen LogP contribution in [0.3, 0.4) is 0 Å². The summed E-state index contributed by atoms with van der Waals surface area (Å²) in [5.74, 6) is 0.204. The first-order chi connectivity index (χ1) is 8.63. The van der Waals surface area contributed by atoms with Gasteiger partial charge in [0.05, 0.1) is 0 Å². The van der Waals surface area contributed by atoms with Crippen molar-refractivity contribution in [1.82, 2.24) is 4.90 Å². The number of carbonyl (C=O) groups excluding carboxylic acids is 1. The van der Waals surface area contributed by atoms with Gasteiger partial charge in [0, 0.05) is 24.5 Å². The van der Waals surface area contributed by atoms with Crippen LogP contribution < -0.4 is 5.73 Å². The molecule has 2 N–H and O–H groups in total. The summed E-state index contributed by atoms with van der Waals surface area (Å²) in [5.41, 5.74) is 6.57. The molecule has 3 nitrogen and oxygen atoms in total. The molecule has 0 bridgehead atoms. The van der Waals surface area contributed by atoms with Crippen LogP contribution in [0.25, 0.3) is 0 Å². The van der Waals surface area contributed by atoms with Crippen LogP contribution in [0.2, 0.25) is 0 Å². The minimum absolute atomic E-state index is 0.204. The van der Waals surface area contributed by atoms with Crippen molar-refractivity contribution in [2.75, 3.05) is 13.6 Å². The van der Waals surface area contributed by atoms with Crippen molar-refractivity contribution in [2.24, 2.45) is 5.73 Å². The fraction of sp³-hybridized carbons (Fsp3) is 0.500. The van der Waals surface area contributed by atoms with E-state index in [1.54, 1.807) is 4.90 Å². The Balaban J connectivity index is 2.33. The molecular weight excluding hydrogens is 292 g/mol. The zero-order valence-corrected chi connectivity index (χ0v) is 12.4. The third kappa shape index (κ3) is 5.65. The van der Waals surface area contributed by atoms with Crippen LogP contribution in [0.5, 0.6) is 0 Å². The number of nitrogens with zero attached hydrogens (tertiary/aromatic N) is 1. The molecule has 0 radical (unpaired) electrons. The molecule has 18 heavy (non-hydrogen) atoms. The first kappa shape index (κ1) is 15.2. The number of carbonyl (C=O) groups is 1. The molecule has 0 atom stereocenters. The number of benzene rings is 1. The lowest BCUT2D eigenvalue weighted by Crippen LogP contribution is -2.25. The Morgan fingerprint density at radius 1 is 1.22 bits per heavy atom. The largest absolute Gasteiger partial charge is 0.341 e. The molecule has 0 saturated heterocycles. The number of hydrogen-bond donors (Lipinski definition) is 1. The topological polar surface area (TPSA) is 46.3 Å². The lowest BCUT2D eigenvalue weighted by molar-refractivity contribution is -0.130. The normalized spacial score (nSPS) is 10.4. The van der Waals surface area contributed by atoms with Crippen LogP contribution in [0.4, 0.5) is 0 Å². The summed E-state index contributed by atoms with van der Waals surface area (Å²) in [4.78, 5) is 13.6. The molecule has 0 aliphatic carbocycles. The maximum absolute atomic E-state index is 11.9. The predicted octanol–water partition coefficient (Wildman–Crippen LogP) is 2.93. The summed E-state index contributed by atoms with van der Waals surface area (Å²) < 4.78 is 1.06. The molecule has 0 heterocycles. The molecule has 0 fully saturated rings. The lowest BCUT2D eigenvalue weighted by Gasteiger charge is -2.17. The Bertz CT molecular complexity index is 365. The van der Waals surface area contributed by atoms with Gasteiger partial charge in [-0.05, 0) is 37.1 Å². The Kier molecular flexibility index (Phi) is 6.98. The highest BCUT2D eigenvalue weighted by molar-refractivity contribution is 9.10. The van der Waals surface area contributed by atoms with E-state index >= 15 is 0 Å². The first-order valence-corrected chi connectivity index (χ1v) is 7.11. The Morgan fingerprint density at radius 2 is 1.89 bits per heavy atom. The predicted molar refractivity (Wildman–Crippen MR) is 78.1 cm³/mol. The molecule has 0 aliphatic heterocycles. The van der Waals surface area contributed by atoms with Gasteiger partial charge in [-0.1, -0.05) is 34.5 Å². The van der Waals surface area contributed by atoms with E-state index in [0.717, 1.165) is 29.3 Å². The van der Waals surface area contributed by atoms with Gasteiger partial charge in [-0.2, -0.15) is 0 Å². The summed E-state index contributed by atoms with van der Waals surface area (Å²) in [6.45, 7) is 1.38. The maximum Gasteiger partial charge on any atom is 0.222 e. The van der Waals surface area contributed by atoms with E-state index < -0.39 is 0 Å². The standard InChI is InChI=1S/C14H21BrN2O/c1-17(14(18)5-3-2-4-10-16)11-12-6-8-13(15)9-7-12/h6-9H,2-5,10-11,16H2,1H3. The molecule has 1 rings (SSSR count). The van der Waals surface area contributed by atoms with Gasteiger partial charge >= 0.3 is 0 Å². The fourth-order valence-electron chi connectivity index (χ4n) is 1.74. The molecular formula is C14H21BrN2O. The van der Waals surface area contributed by atoms with E-state index in [2.05, 4.69) is 15.9 Å². The molecule has 0 aromatic heterocycles. The van der Waals surface area contributed by atoms with Crippen molar-refractivity contribution < 1.29 is 4.79 Å². The van der Waals surface area contributed by atoms with Crippen molar-refractivity contribution in [3.05, 3.63) is 34.3 Å². The molecule has 100 valence electrons. The molecule has 4 heteroatoms. The number of amides is 1. The van der Waals surface area contributed by atoms with Gasteiger partial charge in [-0.15, -0.1) is 0 Å². The first-order valence-electron chi connectivity index (χ1n) is 6.32. The van der Waals surface area contributed by atoms with Crippen molar-refractivity contribution >= 4 is 21.8 Å². The third-order valence-electron chi connectivity index (χ3n) is 2.85. The number of unbranched alkanes of at least 4 members (excludes halogenated alkanes) is 2. The van der Waals surface area contributed by atoms with Crippen LogP contribution in [-0.4, -0.2) is 24.4 Å². The Morgan fingerprint density at radius 3 is 2.50 bits per heavy atom. The van der Waals surface area contributed by atoms with E-state index in [4.69, 9.17) is 5.73 Å². The van der Waals surface area contributed by atoms with Crippen LogP contribution in [0, 0.1) is 0 Å². The highest BCUT2D eigenvalue weighted by Gasteiger charge is 2.08. The molecule has 0 spiro atoms. The van der Waals surface area contributed by atoms with Gasteiger partial charge in [0.2, 0.25) is 5.91 Å². The van der Waals surface area contributed by atoms with Gasteiger partial charge in [-0.3, -0.25) is 4.79 Å². The number of halogens is 1. The second-order valence-electron chi connectivity index (χ2n) is 4.48. The van der Waals surface area contributed by atoms with Crippen molar-refractivity contribution in [3.8, 4) is 0 Å². The highest BCUT2D eigenvalue weighted by Crippen LogP contribution is 2.12. The van der Waals surface area contributed by atoms with E-state index in [1.807, 2.05) is 31.3 Å². The second-order valence-corrected chi connectivity index (χ2v) is 5.39. The summed E-state index contributed by atoms with van der Waals surface area (Å²) in [7, 11) is 1.85. The van der Waals surface area contributed by atoms with Crippen LogP contribution in [0.15, 0.2) is 28.7 Å².